The summed E-state index contributed by atoms with van der Waals surface area (Å²) in [5.74, 6) is 0. The van der Waals surface area contributed by atoms with Gasteiger partial charge in [0.2, 0.25) is 0 Å². The van der Waals surface area contributed by atoms with Gasteiger partial charge in [-0.05, 0) is 5.56 Å². The molecule has 0 bridgehead atoms. The molecule has 0 atom stereocenters. The Kier molecular flexibility index (Phi) is 5.23. The third kappa shape index (κ3) is 4.23. The van der Waals surface area contributed by atoms with Crippen LogP contribution in [-0.4, -0.2) is 34.7 Å². The summed E-state index contributed by atoms with van der Waals surface area (Å²) in [7, 11) is -0.103. The summed E-state index contributed by atoms with van der Waals surface area (Å²) in [5, 5.41) is 10.3. The highest BCUT2D eigenvalue weighted by Crippen LogP contribution is 2.15. The van der Waals surface area contributed by atoms with E-state index in [1.54, 1.807) is 0 Å². The van der Waals surface area contributed by atoms with Gasteiger partial charge in [-0.1, -0.05) is 30.3 Å². The molecular weight excluding hydrogens is 242 g/mol. The Morgan fingerprint density at radius 1 is 1.24 bits per heavy atom. The Morgan fingerprint density at radius 2 is 1.82 bits per heavy atom. The minimum atomic E-state index is -2.99. The highest BCUT2D eigenvalue weighted by Gasteiger charge is 2.40. The molecule has 0 fully saturated rings. The van der Waals surface area contributed by atoms with Gasteiger partial charge >= 0.3 is 8.80 Å². The quantitative estimate of drug-likeness (QED) is 0.318. The first kappa shape index (κ1) is 13.8. The Balaban J connectivity index is 2.73. The van der Waals surface area contributed by atoms with Gasteiger partial charge in [-0.3, -0.25) is 10.1 Å². The molecule has 1 aromatic rings. The van der Waals surface area contributed by atoms with Crippen LogP contribution in [0.5, 0.6) is 0 Å². The molecule has 1 aromatic carbocycles. The molecule has 0 spiro atoms. The van der Waals surface area contributed by atoms with Crippen molar-refractivity contribution in [1.82, 2.24) is 0 Å². The molecule has 0 unspecified atom stereocenters. The van der Waals surface area contributed by atoms with Crippen LogP contribution in [0.4, 0.5) is 0 Å². The lowest BCUT2D eigenvalue weighted by Gasteiger charge is -2.24. The van der Waals surface area contributed by atoms with Crippen molar-refractivity contribution in [2.24, 2.45) is 0 Å². The van der Waals surface area contributed by atoms with Crippen molar-refractivity contribution < 1.29 is 18.2 Å². The Bertz CT molecular complexity index is 355. The summed E-state index contributed by atoms with van der Waals surface area (Å²) in [6, 6.07) is 9.87. The molecule has 0 amide bonds. The van der Waals surface area contributed by atoms with Gasteiger partial charge in [0.05, 0.1) is 0 Å². The number of nitrogens with zero attached hydrogens (tertiary/aromatic N) is 1. The first-order valence-corrected chi connectivity index (χ1v) is 6.95. The third-order valence-electron chi connectivity index (χ3n) is 2.28. The normalized spacial score (nSPS) is 11.4. The average Bonchev–Trinajstić information content (AvgIpc) is 2.36. The largest absolute Gasteiger partial charge is 0.509 e. The standard InChI is InChI=1S/C10H15NO5Si/c1-14-17(15-2,16-9-11(12)13)8-10-6-4-3-5-7-10/h3-7H,8-9H2,1-2H3. The molecule has 0 aliphatic carbocycles. The van der Waals surface area contributed by atoms with Crippen molar-refractivity contribution in [3.63, 3.8) is 0 Å². The van der Waals surface area contributed by atoms with Crippen LogP contribution >= 0.6 is 0 Å². The van der Waals surface area contributed by atoms with Gasteiger partial charge in [0.1, 0.15) is 0 Å². The van der Waals surface area contributed by atoms with Crippen molar-refractivity contribution >= 4 is 8.80 Å². The summed E-state index contributed by atoms with van der Waals surface area (Å²) in [5.41, 5.74) is 0.964. The van der Waals surface area contributed by atoms with Crippen molar-refractivity contribution in [3.05, 3.63) is 46.0 Å². The zero-order chi connectivity index (χ0) is 12.7. The summed E-state index contributed by atoms with van der Waals surface area (Å²) < 4.78 is 15.7. The number of benzene rings is 1. The predicted molar refractivity (Wildman–Crippen MR) is 62.9 cm³/mol. The molecular formula is C10H15NO5Si. The maximum absolute atomic E-state index is 10.3. The van der Waals surface area contributed by atoms with E-state index >= 15 is 0 Å². The second kappa shape index (κ2) is 6.45. The van der Waals surface area contributed by atoms with Crippen LogP contribution in [0, 0.1) is 10.1 Å². The van der Waals surface area contributed by atoms with E-state index in [1.807, 2.05) is 30.3 Å². The average molecular weight is 257 g/mol. The molecule has 0 aliphatic rings. The minimum absolute atomic E-state index is 0.411. The smallest absolute Gasteiger partial charge is 0.377 e. The van der Waals surface area contributed by atoms with Crippen LogP contribution in [-0.2, 0) is 19.3 Å². The fourth-order valence-corrected chi connectivity index (χ4v) is 3.22. The van der Waals surface area contributed by atoms with E-state index in [0.29, 0.717) is 6.04 Å². The van der Waals surface area contributed by atoms with Gasteiger partial charge < -0.3 is 13.3 Å². The van der Waals surface area contributed by atoms with Gasteiger partial charge in [0.15, 0.2) is 0 Å². The Labute approximate surface area is 101 Å². The van der Waals surface area contributed by atoms with Gasteiger partial charge in [-0.15, -0.1) is 0 Å². The van der Waals surface area contributed by atoms with E-state index in [-0.39, 0.29) is 0 Å². The predicted octanol–water partition coefficient (Wildman–Crippen LogP) is 1.25. The maximum Gasteiger partial charge on any atom is 0.509 e. The van der Waals surface area contributed by atoms with E-state index in [2.05, 4.69) is 0 Å². The van der Waals surface area contributed by atoms with Gasteiger partial charge in [-0.25, -0.2) is 0 Å². The number of hydrogen-bond donors (Lipinski definition) is 0. The SMILES string of the molecule is CO[Si](Cc1ccccc1)(OC)OC[N+](=O)[O-]. The molecule has 0 heterocycles. The van der Waals surface area contributed by atoms with Crippen molar-refractivity contribution in [3.8, 4) is 0 Å². The summed E-state index contributed by atoms with van der Waals surface area (Å²) in [6.07, 6.45) is 0. The summed E-state index contributed by atoms with van der Waals surface area (Å²) in [4.78, 5) is 9.77. The minimum Gasteiger partial charge on any atom is -0.377 e. The molecule has 94 valence electrons. The van der Waals surface area contributed by atoms with Crippen LogP contribution < -0.4 is 0 Å². The second-order valence-electron chi connectivity index (χ2n) is 3.36. The zero-order valence-electron chi connectivity index (χ0n) is 9.79. The van der Waals surface area contributed by atoms with Crippen molar-refractivity contribution in [1.29, 1.82) is 0 Å². The molecule has 6 nitrogen and oxygen atoms in total. The molecule has 7 heteroatoms. The van der Waals surface area contributed by atoms with Crippen LogP contribution in [0.2, 0.25) is 0 Å². The number of hydrogen-bond acceptors (Lipinski definition) is 5. The molecule has 1 rings (SSSR count). The summed E-state index contributed by atoms with van der Waals surface area (Å²) >= 11 is 0. The van der Waals surface area contributed by atoms with Crippen molar-refractivity contribution in [2.75, 3.05) is 21.0 Å². The molecule has 0 saturated carbocycles. The van der Waals surface area contributed by atoms with Crippen LogP contribution in [0.15, 0.2) is 30.3 Å². The Morgan fingerprint density at radius 3 is 2.29 bits per heavy atom. The van der Waals surface area contributed by atoms with Crippen LogP contribution in [0.1, 0.15) is 5.56 Å². The zero-order valence-corrected chi connectivity index (χ0v) is 10.8. The van der Waals surface area contributed by atoms with E-state index in [4.69, 9.17) is 13.3 Å². The van der Waals surface area contributed by atoms with Crippen LogP contribution in [0.3, 0.4) is 0 Å². The lowest BCUT2D eigenvalue weighted by molar-refractivity contribution is -0.518. The fourth-order valence-electron chi connectivity index (χ4n) is 1.39. The highest BCUT2D eigenvalue weighted by atomic mass is 28.4. The second-order valence-corrected chi connectivity index (χ2v) is 6.18. The molecule has 0 N–H and O–H groups in total. The highest BCUT2D eigenvalue weighted by molar-refractivity contribution is 6.60. The molecule has 17 heavy (non-hydrogen) atoms. The lowest BCUT2D eigenvalue weighted by Crippen LogP contribution is -2.47. The van der Waals surface area contributed by atoms with Crippen LogP contribution in [0.25, 0.3) is 0 Å². The molecule has 0 aliphatic heterocycles. The first-order valence-electron chi connectivity index (χ1n) is 5.02. The monoisotopic (exact) mass is 257 g/mol. The van der Waals surface area contributed by atoms with E-state index in [1.165, 1.54) is 14.2 Å². The lowest BCUT2D eigenvalue weighted by atomic mass is 10.2. The first-order chi connectivity index (χ1) is 8.12. The number of nitro groups is 1. The summed E-state index contributed by atoms with van der Waals surface area (Å²) in [6.45, 7) is -0.610. The van der Waals surface area contributed by atoms with E-state index in [0.717, 1.165) is 5.56 Å². The maximum atomic E-state index is 10.3. The Hall–Kier alpha value is -1.28. The molecule has 0 aromatic heterocycles. The fraction of sp³-hybridized carbons (Fsp3) is 0.400. The topological polar surface area (TPSA) is 70.8 Å². The molecule has 0 saturated heterocycles. The van der Waals surface area contributed by atoms with Gasteiger partial charge in [0, 0.05) is 25.2 Å². The van der Waals surface area contributed by atoms with E-state index < -0.39 is 20.5 Å². The van der Waals surface area contributed by atoms with E-state index in [9.17, 15) is 10.1 Å². The third-order valence-corrected chi connectivity index (χ3v) is 4.93. The van der Waals surface area contributed by atoms with Gasteiger partial charge in [0.25, 0.3) is 6.73 Å². The van der Waals surface area contributed by atoms with Crippen molar-refractivity contribution in [2.45, 2.75) is 6.04 Å². The number of rotatable bonds is 7. The van der Waals surface area contributed by atoms with Gasteiger partial charge in [-0.2, -0.15) is 0 Å². The molecule has 0 radical (unpaired) electrons.